The maximum atomic E-state index is 2.87. The van der Waals surface area contributed by atoms with E-state index < -0.39 is 19.8 Å². The molecule has 2 aliphatic heterocycles. The van der Waals surface area contributed by atoms with Gasteiger partial charge in [0.05, 0.1) is 0 Å². The van der Waals surface area contributed by atoms with Gasteiger partial charge in [0.2, 0.25) is 0 Å². The predicted octanol–water partition coefficient (Wildman–Crippen LogP) is 5.93. The third kappa shape index (κ3) is 2.11. The molecule has 0 nitrogen and oxygen atoms in total. The van der Waals surface area contributed by atoms with E-state index in [1.165, 1.54) is 23.1 Å². The monoisotopic (exact) mass is 494 g/mol. The molecule has 2 heteroatoms. The van der Waals surface area contributed by atoms with Gasteiger partial charge in [0.25, 0.3) is 0 Å². The summed E-state index contributed by atoms with van der Waals surface area (Å²) in [4.78, 5) is 0. The first kappa shape index (κ1) is 19.1. The number of fused-ring (bicyclic) bond motifs is 5. The first-order valence-electron chi connectivity index (χ1n) is 11.4. The van der Waals surface area contributed by atoms with Crippen LogP contribution in [0.25, 0.3) is 0 Å². The maximum absolute atomic E-state index is 2.87. The van der Waals surface area contributed by atoms with E-state index in [4.69, 9.17) is 0 Å². The zero-order valence-electron chi connectivity index (χ0n) is 18.3. The van der Waals surface area contributed by atoms with Crippen LogP contribution in [0, 0.1) is 34.5 Å². The second-order valence-electron chi connectivity index (χ2n) is 11.2. The van der Waals surface area contributed by atoms with E-state index in [9.17, 15) is 0 Å². The summed E-state index contributed by atoms with van der Waals surface area (Å²) >= 11 is -1.01. The van der Waals surface area contributed by atoms with Crippen molar-refractivity contribution in [2.75, 3.05) is 8.86 Å². The Morgan fingerprint density at radius 3 is 2.33 bits per heavy atom. The number of halogens is 1. The molecule has 4 fully saturated rings. The zero-order chi connectivity index (χ0) is 19.2. The molecule has 0 amide bonds. The van der Waals surface area contributed by atoms with Gasteiger partial charge in [-0.1, -0.05) is 0 Å². The Labute approximate surface area is 177 Å². The van der Waals surface area contributed by atoms with E-state index in [0.29, 0.717) is 14.3 Å². The normalized spacial score (nSPS) is 55.4. The topological polar surface area (TPSA) is 0 Å². The van der Waals surface area contributed by atoms with Crippen molar-refractivity contribution < 1.29 is 0 Å². The second kappa shape index (κ2) is 6.09. The molecular formula is C25H39ISi. The Hall–Kier alpha value is 0.167. The molecule has 0 radical (unpaired) electrons. The van der Waals surface area contributed by atoms with Crippen LogP contribution in [0.4, 0.5) is 0 Å². The van der Waals surface area contributed by atoms with Crippen LogP contribution in [-0.4, -0.2) is 22.5 Å². The third-order valence-corrected chi connectivity index (χ3v) is 21.7. The Morgan fingerprint density at radius 2 is 1.70 bits per heavy atom. The summed E-state index contributed by atoms with van der Waals surface area (Å²) in [6.45, 7) is 13.7. The number of benzene rings is 1. The third-order valence-electron chi connectivity index (χ3n) is 10.5. The van der Waals surface area contributed by atoms with Gasteiger partial charge in [0.1, 0.15) is 0 Å². The summed E-state index contributed by atoms with van der Waals surface area (Å²) in [5.41, 5.74) is 3.86. The molecule has 5 rings (SSSR count). The summed E-state index contributed by atoms with van der Waals surface area (Å²) in [5, 5.41) is 0. The van der Waals surface area contributed by atoms with Gasteiger partial charge in [-0.3, -0.25) is 0 Å². The standard InChI is InChI=1S/C25H39ISi/c1-16-12-14-26-15-17(2)19-11-13-23(19,3)25(26,5)24(4)20(16)22(27)21(24)18-9-7-6-8-10-18/h6-10,16-17,19-22H,11-15H2,1-5,27H3/t16-,17+,19?,20?,21?,22?,23-,24-,25+/m1/s1. The van der Waals surface area contributed by atoms with E-state index in [-0.39, 0.29) is 0 Å². The van der Waals surface area contributed by atoms with Crippen LogP contribution < -0.4 is 0 Å². The van der Waals surface area contributed by atoms with Gasteiger partial charge in [-0.15, -0.1) is 0 Å². The number of rotatable bonds is 1. The Kier molecular flexibility index (Phi) is 4.32. The van der Waals surface area contributed by atoms with Gasteiger partial charge in [-0.25, -0.2) is 0 Å². The minimum absolute atomic E-state index is 0.551. The predicted molar refractivity (Wildman–Crippen MR) is 130 cm³/mol. The first-order valence-corrected chi connectivity index (χ1v) is 16.7. The second-order valence-corrected chi connectivity index (χ2v) is 19.2. The van der Waals surface area contributed by atoms with Crippen LogP contribution in [0.15, 0.2) is 30.3 Å². The van der Waals surface area contributed by atoms with E-state index in [0.717, 1.165) is 35.1 Å². The average Bonchev–Trinajstić information content (AvgIpc) is 2.68. The van der Waals surface area contributed by atoms with Crippen LogP contribution in [0.5, 0.6) is 0 Å². The van der Waals surface area contributed by atoms with Gasteiger partial charge < -0.3 is 0 Å². The summed E-state index contributed by atoms with van der Waals surface area (Å²) < 4.78 is 3.97. The van der Waals surface area contributed by atoms with Crippen molar-refractivity contribution in [2.24, 2.45) is 34.5 Å². The van der Waals surface area contributed by atoms with Crippen LogP contribution in [-0.2, 0) is 0 Å². The van der Waals surface area contributed by atoms with E-state index in [1.807, 2.05) is 0 Å². The molecule has 4 unspecified atom stereocenters. The Morgan fingerprint density at radius 1 is 1.00 bits per heavy atom. The SMILES string of the molecule is C[C@@H]1CCI2C[C@H](C)C3CC[C@@]3(C)[C@@]2(C)[C@@]2(C)C(c3ccccc3)C([SiH3])C12. The minimum atomic E-state index is -1.01. The van der Waals surface area contributed by atoms with Crippen LogP contribution in [0.3, 0.4) is 0 Å². The molecule has 2 heterocycles. The molecule has 1 aromatic carbocycles. The quantitative estimate of drug-likeness (QED) is 0.258. The van der Waals surface area contributed by atoms with Gasteiger partial charge in [0, 0.05) is 0 Å². The molecule has 2 saturated heterocycles. The fourth-order valence-corrected chi connectivity index (χ4v) is 22.8. The summed E-state index contributed by atoms with van der Waals surface area (Å²) in [6, 6.07) is 11.8. The van der Waals surface area contributed by atoms with Crippen molar-refractivity contribution in [3.8, 4) is 0 Å². The average molecular weight is 495 g/mol. The van der Waals surface area contributed by atoms with Crippen LogP contribution >= 0.6 is 19.8 Å². The Bertz CT molecular complexity index is 733. The van der Waals surface area contributed by atoms with E-state index >= 15 is 0 Å². The van der Waals surface area contributed by atoms with Gasteiger partial charge in [-0.05, 0) is 0 Å². The summed E-state index contributed by atoms with van der Waals surface area (Å²) in [6.07, 6.45) is 4.60. The molecule has 150 valence electrons. The molecular weight excluding hydrogens is 455 g/mol. The molecule has 1 aromatic rings. The molecule has 0 N–H and O–H groups in total. The zero-order valence-corrected chi connectivity index (χ0v) is 22.4. The fraction of sp³-hybridized carbons (Fsp3) is 0.760. The van der Waals surface area contributed by atoms with E-state index in [1.54, 1.807) is 20.8 Å². The van der Waals surface area contributed by atoms with Crippen LogP contribution in [0.1, 0.15) is 65.4 Å². The fourth-order valence-electron chi connectivity index (χ4n) is 9.17. The molecule has 0 bridgehead atoms. The molecule has 4 aliphatic rings. The van der Waals surface area contributed by atoms with E-state index in [2.05, 4.69) is 65.0 Å². The van der Waals surface area contributed by atoms with Crippen molar-refractivity contribution in [3.63, 3.8) is 0 Å². The molecule has 2 aliphatic carbocycles. The Balaban J connectivity index is 1.69. The van der Waals surface area contributed by atoms with Gasteiger partial charge in [-0.2, -0.15) is 0 Å². The van der Waals surface area contributed by atoms with Crippen molar-refractivity contribution >= 4 is 30.1 Å². The molecule has 2 saturated carbocycles. The molecule has 27 heavy (non-hydrogen) atoms. The summed E-state index contributed by atoms with van der Waals surface area (Å²) in [5.74, 6) is 4.82. The molecule has 0 aromatic heterocycles. The number of alkyl halides is 3. The number of hydrogen-bond donors (Lipinski definition) is 0. The van der Waals surface area contributed by atoms with Crippen molar-refractivity contribution in [1.29, 1.82) is 0 Å². The van der Waals surface area contributed by atoms with Crippen LogP contribution in [0.2, 0.25) is 5.54 Å². The molecule has 0 spiro atoms. The van der Waals surface area contributed by atoms with Gasteiger partial charge >= 0.3 is 178 Å². The molecule has 9 atom stereocenters. The van der Waals surface area contributed by atoms with Crippen molar-refractivity contribution in [3.05, 3.63) is 35.9 Å². The number of hydrogen-bond acceptors (Lipinski definition) is 0. The van der Waals surface area contributed by atoms with Crippen molar-refractivity contribution in [2.45, 2.75) is 68.8 Å². The van der Waals surface area contributed by atoms with Crippen molar-refractivity contribution in [1.82, 2.24) is 0 Å². The van der Waals surface area contributed by atoms with Gasteiger partial charge in [0.15, 0.2) is 0 Å². The summed E-state index contributed by atoms with van der Waals surface area (Å²) in [7, 11) is 1.37. The first-order chi connectivity index (χ1) is 12.8.